The van der Waals surface area contributed by atoms with E-state index in [1.165, 1.54) is 21.6 Å². The summed E-state index contributed by atoms with van der Waals surface area (Å²) in [7, 11) is 2.65. The molecule has 0 aliphatic carbocycles. The fourth-order valence-corrected chi connectivity index (χ4v) is 4.09. The maximum absolute atomic E-state index is 9.85. The highest BCUT2D eigenvalue weighted by atomic mass is 33.1. The van der Waals surface area contributed by atoms with Gasteiger partial charge in [0.15, 0.2) is 0 Å². The Hall–Kier alpha value is -0.280. The van der Waals surface area contributed by atoms with Crippen LogP contribution in [0.2, 0.25) is 0 Å². The van der Waals surface area contributed by atoms with Crippen LogP contribution in [0, 0.1) is 0 Å². The molecule has 2 rings (SSSR count). The zero-order valence-electron chi connectivity index (χ0n) is 9.99. The molecule has 0 spiro atoms. The minimum atomic E-state index is -1.32. The van der Waals surface area contributed by atoms with Crippen LogP contribution in [0.3, 0.4) is 0 Å². The monoisotopic (exact) mass is 304 g/mol. The lowest BCUT2D eigenvalue weighted by Crippen LogP contribution is -2.57. The lowest BCUT2D eigenvalue weighted by Gasteiger charge is -2.39. The summed E-state index contributed by atoms with van der Waals surface area (Å²) < 4.78 is 5.38. The molecule has 1 aromatic rings. The van der Waals surface area contributed by atoms with Crippen LogP contribution in [0.1, 0.15) is 0 Å². The van der Waals surface area contributed by atoms with Crippen molar-refractivity contribution >= 4 is 21.6 Å². The van der Waals surface area contributed by atoms with Crippen molar-refractivity contribution in [1.82, 2.24) is 0 Å². The highest BCUT2D eigenvalue weighted by Crippen LogP contribution is 2.39. The topological polar surface area (TPSA) is 90.2 Å². The molecule has 0 radical (unpaired) electrons. The molecule has 19 heavy (non-hydrogen) atoms. The first-order chi connectivity index (χ1) is 9.13. The number of ether oxygens (including phenoxy) is 1. The smallest absolute Gasteiger partial charge is 0.142 e. The Morgan fingerprint density at radius 1 is 1.00 bits per heavy atom. The zero-order valence-corrected chi connectivity index (χ0v) is 11.6. The van der Waals surface area contributed by atoms with Crippen LogP contribution in [0.5, 0.6) is 0 Å². The van der Waals surface area contributed by atoms with Crippen LogP contribution in [0.15, 0.2) is 35.2 Å². The first kappa shape index (κ1) is 15.1. The van der Waals surface area contributed by atoms with Crippen molar-refractivity contribution in [3.05, 3.63) is 30.3 Å². The SMILES string of the molecule is OC[C@H]1O[C@@H](SSc2ccccc2)[C@H](O)[C@@H](O)[C@@H]1O. The molecule has 5 nitrogen and oxygen atoms in total. The molecule has 1 heterocycles. The van der Waals surface area contributed by atoms with Crippen LogP contribution in [0.25, 0.3) is 0 Å². The normalized spacial score (nSPS) is 35.3. The van der Waals surface area contributed by atoms with E-state index in [0.717, 1.165) is 4.90 Å². The second-order valence-electron chi connectivity index (χ2n) is 4.19. The Morgan fingerprint density at radius 2 is 1.68 bits per heavy atom. The van der Waals surface area contributed by atoms with Gasteiger partial charge < -0.3 is 25.2 Å². The van der Waals surface area contributed by atoms with E-state index in [4.69, 9.17) is 9.84 Å². The van der Waals surface area contributed by atoms with Gasteiger partial charge in [-0.3, -0.25) is 0 Å². The molecule has 106 valence electrons. The van der Waals surface area contributed by atoms with Gasteiger partial charge in [0.25, 0.3) is 0 Å². The summed E-state index contributed by atoms with van der Waals surface area (Å²) in [5.41, 5.74) is -0.708. The molecular weight excluding hydrogens is 288 g/mol. The minimum Gasteiger partial charge on any atom is -0.394 e. The fraction of sp³-hybridized carbons (Fsp3) is 0.500. The van der Waals surface area contributed by atoms with E-state index >= 15 is 0 Å². The van der Waals surface area contributed by atoms with Crippen molar-refractivity contribution in [2.24, 2.45) is 0 Å². The number of hydrogen-bond donors (Lipinski definition) is 4. The molecule has 1 aliphatic rings. The van der Waals surface area contributed by atoms with Crippen LogP contribution in [-0.4, -0.2) is 56.9 Å². The molecular formula is C12H16O5S2. The summed E-state index contributed by atoms with van der Waals surface area (Å²) in [6.07, 6.45) is -4.68. The van der Waals surface area contributed by atoms with Gasteiger partial charge in [0.05, 0.1) is 6.61 Å². The van der Waals surface area contributed by atoms with Crippen molar-refractivity contribution in [2.45, 2.75) is 34.7 Å². The van der Waals surface area contributed by atoms with E-state index in [1.54, 1.807) is 0 Å². The highest BCUT2D eigenvalue weighted by molar-refractivity contribution is 8.76. The van der Waals surface area contributed by atoms with E-state index in [-0.39, 0.29) is 0 Å². The van der Waals surface area contributed by atoms with Gasteiger partial charge in [-0.15, -0.1) is 0 Å². The highest BCUT2D eigenvalue weighted by Gasteiger charge is 2.43. The van der Waals surface area contributed by atoms with Gasteiger partial charge in [-0.05, 0) is 12.1 Å². The predicted octanol–water partition coefficient (Wildman–Crippen LogP) is 0.227. The summed E-state index contributed by atoms with van der Waals surface area (Å²) in [4.78, 5) is 0.990. The van der Waals surface area contributed by atoms with E-state index in [1.807, 2.05) is 30.3 Å². The van der Waals surface area contributed by atoms with E-state index < -0.39 is 36.5 Å². The Morgan fingerprint density at radius 3 is 2.32 bits per heavy atom. The Balaban J connectivity index is 1.95. The second kappa shape index (κ2) is 6.94. The standard InChI is InChI=1S/C12H16O5S2/c13-6-8-9(14)10(15)11(16)12(17-8)19-18-7-4-2-1-3-5-7/h1-5,8-16H,6H2/t8-,9-,10+,11-,12+/m1/s1. The molecule has 1 aromatic carbocycles. The lowest BCUT2D eigenvalue weighted by atomic mass is 10.0. The third-order valence-electron chi connectivity index (χ3n) is 2.83. The largest absolute Gasteiger partial charge is 0.394 e. The van der Waals surface area contributed by atoms with Gasteiger partial charge in [0.1, 0.15) is 29.9 Å². The van der Waals surface area contributed by atoms with Crippen molar-refractivity contribution in [3.63, 3.8) is 0 Å². The summed E-state index contributed by atoms with van der Waals surface area (Å²) >= 11 is 0. The molecule has 0 saturated carbocycles. The third kappa shape index (κ3) is 3.63. The quantitative estimate of drug-likeness (QED) is 0.592. The molecule has 0 unspecified atom stereocenters. The van der Waals surface area contributed by atoms with Gasteiger partial charge >= 0.3 is 0 Å². The van der Waals surface area contributed by atoms with Gasteiger partial charge in [-0.1, -0.05) is 39.8 Å². The minimum absolute atomic E-state index is 0.405. The molecule has 5 atom stereocenters. The summed E-state index contributed by atoms with van der Waals surface area (Å²) in [6.45, 7) is -0.405. The third-order valence-corrected chi connectivity index (χ3v) is 5.41. The maximum Gasteiger partial charge on any atom is 0.142 e. The van der Waals surface area contributed by atoms with Crippen molar-refractivity contribution < 1.29 is 25.2 Å². The van der Waals surface area contributed by atoms with Crippen LogP contribution < -0.4 is 0 Å². The molecule has 4 N–H and O–H groups in total. The predicted molar refractivity (Wildman–Crippen MR) is 73.7 cm³/mol. The van der Waals surface area contributed by atoms with Crippen LogP contribution in [-0.2, 0) is 4.74 Å². The number of aliphatic hydroxyl groups excluding tert-OH is 4. The number of hydrogen-bond acceptors (Lipinski definition) is 7. The Labute approximate surface area is 119 Å². The van der Waals surface area contributed by atoms with Gasteiger partial charge in [-0.25, -0.2) is 0 Å². The molecule has 1 aliphatic heterocycles. The number of aliphatic hydroxyl groups is 4. The molecule has 0 amide bonds. The fourth-order valence-electron chi connectivity index (χ4n) is 1.73. The molecule has 0 aromatic heterocycles. The average molecular weight is 304 g/mol. The average Bonchev–Trinajstić information content (AvgIpc) is 2.45. The number of rotatable bonds is 4. The van der Waals surface area contributed by atoms with Crippen LogP contribution in [0.4, 0.5) is 0 Å². The van der Waals surface area contributed by atoms with Crippen molar-refractivity contribution in [1.29, 1.82) is 0 Å². The van der Waals surface area contributed by atoms with Gasteiger partial charge in [-0.2, -0.15) is 0 Å². The Kier molecular flexibility index (Phi) is 5.52. The van der Waals surface area contributed by atoms with E-state index in [2.05, 4.69) is 0 Å². The van der Waals surface area contributed by atoms with Gasteiger partial charge in [0, 0.05) is 4.90 Å². The number of benzene rings is 1. The first-order valence-electron chi connectivity index (χ1n) is 5.82. The first-order valence-corrected chi connectivity index (χ1v) is 8.03. The molecule has 1 fully saturated rings. The molecule has 0 bridgehead atoms. The van der Waals surface area contributed by atoms with Crippen molar-refractivity contribution in [2.75, 3.05) is 6.61 Å². The second-order valence-corrected chi connectivity index (χ2v) is 6.56. The summed E-state index contributed by atoms with van der Waals surface area (Å²) in [5, 5.41) is 38.2. The summed E-state index contributed by atoms with van der Waals surface area (Å²) in [6, 6.07) is 9.54. The lowest BCUT2D eigenvalue weighted by molar-refractivity contribution is -0.205. The Bertz CT molecular complexity index is 389. The van der Waals surface area contributed by atoms with Gasteiger partial charge in [0.2, 0.25) is 0 Å². The van der Waals surface area contributed by atoms with E-state index in [9.17, 15) is 15.3 Å². The molecule has 7 heteroatoms. The van der Waals surface area contributed by atoms with Crippen LogP contribution >= 0.6 is 21.6 Å². The maximum atomic E-state index is 9.85. The summed E-state index contributed by atoms with van der Waals surface area (Å²) in [5.74, 6) is 0. The van der Waals surface area contributed by atoms with E-state index in [0.29, 0.717) is 0 Å². The zero-order chi connectivity index (χ0) is 13.8. The molecule has 1 saturated heterocycles. The van der Waals surface area contributed by atoms with Crippen molar-refractivity contribution in [3.8, 4) is 0 Å².